The second-order valence-electron chi connectivity index (χ2n) is 5.50. The van der Waals surface area contributed by atoms with Crippen LogP contribution in [0, 0.1) is 0 Å². The van der Waals surface area contributed by atoms with Gasteiger partial charge in [-0.3, -0.25) is 4.79 Å². The van der Waals surface area contributed by atoms with Crippen LogP contribution < -0.4 is 5.32 Å². The van der Waals surface area contributed by atoms with E-state index < -0.39 is 0 Å². The van der Waals surface area contributed by atoms with E-state index in [4.69, 9.17) is 4.74 Å². The fraction of sp³-hybridized carbons (Fsp3) is 0.562. The third-order valence-corrected chi connectivity index (χ3v) is 3.44. The van der Waals surface area contributed by atoms with Gasteiger partial charge in [0.2, 0.25) is 5.91 Å². The van der Waals surface area contributed by atoms with Crippen molar-refractivity contribution in [2.45, 2.75) is 32.4 Å². The van der Waals surface area contributed by atoms with Crippen molar-refractivity contribution >= 4 is 5.91 Å². The standard InChI is InChI=1S/C16H24N2O2/c1-13(2)17-15(12-14-6-4-3-5-7-14)16(19)18-8-10-20-11-9-18/h3-7,13,15,17H,8-12H2,1-2H3. The van der Waals surface area contributed by atoms with Crippen molar-refractivity contribution in [3.63, 3.8) is 0 Å². The molecule has 0 bridgehead atoms. The molecule has 1 aliphatic rings. The van der Waals surface area contributed by atoms with Crippen LogP contribution in [-0.4, -0.2) is 49.2 Å². The summed E-state index contributed by atoms with van der Waals surface area (Å²) in [6.45, 7) is 6.83. The molecule has 1 amide bonds. The van der Waals surface area contributed by atoms with Crippen LogP contribution >= 0.6 is 0 Å². The van der Waals surface area contributed by atoms with Crippen LogP contribution in [0.15, 0.2) is 30.3 Å². The predicted octanol–water partition coefficient (Wildman–Crippen LogP) is 1.45. The zero-order chi connectivity index (χ0) is 14.4. The first-order chi connectivity index (χ1) is 9.66. The lowest BCUT2D eigenvalue weighted by atomic mass is 10.0. The quantitative estimate of drug-likeness (QED) is 0.885. The Morgan fingerprint density at radius 2 is 1.90 bits per heavy atom. The van der Waals surface area contributed by atoms with E-state index in [1.165, 1.54) is 5.56 Å². The Balaban J connectivity index is 2.04. The van der Waals surface area contributed by atoms with E-state index in [0.717, 1.165) is 6.42 Å². The predicted molar refractivity (Wildman–Crippen MR) is 79.6 cm³/mol. The zero-order valence-corrected chi connectivity index (χ0v) is 12.3. The molecule has 1 N–H and O–H groups in total. The van der Waals surface area contributed by atoms with Gasteiger partial charge in [-0.05, 0) is 12.0 Å². The molecule has 20 heavy (non-hydrogen) atoms. The molecule has 110 valence electrons. The van der Waals surface area contributed by atoms with Crippen molar-refractivity contribution in [3.05, 3.63) is 35.9 Å². The summed E-state index contributed by atoms with van der Waals surface area (Å²) in [6.07, 6.45) is 0.731. The highest BCUT2D eigenvalue weighted by molar-refractivity contribution is 5.82. The monoisotopic (exact) mass is 276 g/mol. The van der Waals surface area contributed by atoms with Crippen molar-refractivity contribution < 1.29 is 9.53 Å². The van der Waals surface area contributed by atoms with E-state index in [2.05, 4.69) is 31.3 Å². The van der Waals surface area contributed by atoms with Crippen LogP contribution in [0.2, 0.25) is 0 Å². The van der Waals surface area contributed by atoms with Gasteiger partial charge in [0, 0.05) is 19.1 Å². The van der Waals surface area contributed by atoms with Crippen LogP contribution in [0.25, 0.3) is 0 Å². The molecule has 1 atom stereocenters. The van der Waals surface area contributed by atoms with Crippen molar-refractivity contribution in [1.29, 1.82) is 0 Å². The molecule has 0 radical (unpaired) electrons. The Morgan fingerprint density at radius 1 is 1.25 bits per heavy atom. The second-order valence-corrected chi connectivity index (χ2v) is 5.50. The fourth-order valence-electron chi connectivity index (χ4n) is 2.47. The Labute approximate surface area is 121 Å². The molecule has 0 spiro atoms. The van der Waals surface area contributed by atoms with E-state index >= 15 is 0 Å². The number of ether oxygens (including phenoxy) is 1. The van der Waals surface area contributed by atoms with Crippen molar-refractivity contribution in [1.82, 2.24) is 10.2 Å². The van der Waals surface area contributed by atoms with Gasteiger partial charge >= 0.3 is 0 Å². The first-order valence-corrected chi connectivity index (χ1v) is 7.33. The maximum Gasteiger partial charge on any atom is 0.240 e. The van der Waals surface area contributed by atoms with Gasteiger partial charge in [-0.1, -0.05) is 44.2 Å². The third-order valence-electron chi connectivity index (χ3n) is 3.44. The Morgan fingerprint density at radius 3 is 2.50 bits per heavy atom. The lowest BCUT2D eigenvalue weighted by Crippen LogP contribution is -2.52. The summed E-state index contributed by atoms with van der Waals surface area (Å²) in [5.41, 5.74) is 1.19. The summed E-state index contributed by atoms with van der Waals surface area (Å²) < 4.78 is 5.31. The highest BCUT2D eigenvalue weighted by Gasteiger charge is 2.26. The number of carbonyl (C=O) groups is 1. The summed E-state index contributed by atoms with van der Waals surface area (Å²) in [4.78, 5) is 14.6. The van der Waals surface area contributed by atoms with Crippen LogP contribution in [0.1, 0.15) is 19.4 Å². The van der Waals surface area contributed by atoms with Gasteiger partial charge in [0.15, 0.2) is 0 Å². The number of benzene rings is 1. The number of amides is 1. The van der Waals surface area contributed by atoms with Gasteiger partial charge in [-0.2, -0.15) is 0 Å². The molecule has 1 aromatic rings. The molecule has 4 nitrogen and oxygen atoms in total. The fourth-order valence-corrected chi connectivity index (χ4v) is 2.47. The minimum absolute atomic E-state index is 0.157. The van der Waals surface area contributed by atoms with Crippen molar-refractivity contribution in [3.8, 4) is 0 Å². The minimum Gasteiger partial charge on any atom is -0.378 e. The lowest BCUT2D eigenvalue weighted by molar-refractivity contribution is -0.137. The van der Waals surface area contributed by atoms with Crippen LogP contribution in [-0.2, 0) is 16.0 Å². The molecule has 1 fully saturated rings. The maximum atomic E-state index is 12.6. The summed E-state index contributed by atoms with van der Waals surface area (Å²) in [7, 11) is 0. The number of rotatable bonds is 5. The van der Waals surface area contributed by atoms with Gasteiger partial charge in [0.1, 0.15) is 0 Å². The highest BCUT2D eigenvalue weighted by Crippen LogP contribution is 2.08. The van der Waals surface area contributed by atoms with Gasteiger partial charge in [0.25, 0.3) is 0 Å². The Bertz CT molecular complexity index is 414. The first-order valence-electron chi connectivity index (χ1n) is 7.33. The van der Waals surface area contributed by atoms with E-state index in [0.29, 0.717) is 26.3 Å². The molecule has 0 aliphatic carbocycles. The van der Waals surface area contributed by atoms with Gasteiger partial charge in [0.05, 0.1) is 19.3 Å². The van der Waals surface area contributed by atoms with Crippen LogP contribution in [0.5, 0.6) is 0 Å². The molecule has 1 unspecified atom stereocenters. The molecule has 1 saturated heterocycles. The average molecular weight is 276 g/mol. The van der Waals surface area contributed by atoms with Gasteiger partial charge in [-0.25, -0.2) is 0 Å². The highest BCUT2D eigenvalue weighted by atomic mass is 16.5. The smallest absolute Gasteiger partial charge is 0.240 e. The summed E-state index contributed by atoms with van der Waals surface area (Å²) in [6, 6.07) is 10.3. The topological polar surface area (TPSA) is 41.6 Å². The minimum atomic E-state index is -0.157. The molecule has 0 aromatic heterocycles. The molecule has 1 aromatic carbocycles. The maximum absolute atomic E-state index is 12.6. The SMILES string of the molecule is CC(C)NC(Cc1ccccc1)C(=O)N1CCOCC1. The van der Waals surface area contributed by atoms with Crippen LogP contribution in [0.3, 0.4) is 0 Å². The van der Waals surface area contributed by atoms with Gasteiger partial charge < -0.3 is 15.0 Å². The number of morpholine rings is 1. The number of nitrogens with one attached hydrogen (secondary N) is 1. The molecular weight excluding hydrogens is 252 g/mol. The molecule has 0 saturated carbocycles. The second kappa shape index (κ2) is 7.41. The molecular formula is C16H24N2O2. The molecule has 2 rings (SSSR count). The van der Waals surface area contributed by atoms with Crippen LogP contribution in [0.4, 0.5) is 0 Å². The number of hydrogen-bond donors (Lipinski definition) is 1. The van der Waals surface area contributed by atoms with E-state index in [1.54, 1.807) is 0 Å². The van der Waals surface area contributed by atoms with Crippen molar-refractivity contribution in [2.75, 3.05) is 26.3 Å². The lowest BCUT2D eigenvalue weighted by Gasteiger charge is -2.31. The summed E-state index contributed by atoms with van der Waals surface area (Å²) >= 11 is 0. The third kappa shape index (κ3) is 4.32. The first kappa shape index (κ1) is 15.0. The zero-order valence-electron chi connectivity index (χ0n) is 12.3. The average Bonchev–Trinajstić information content (AvgIpc) is 2.47. The van der Waals surface area contributed by atoms with Gasteiger partial charge in [-0.15, -0.1) is 0 Å². The number of hydrogen-bond acceptors (Lipinski definition) is 3. The molecule has 1 aliphatic heterocycles. The van der Waals surface area contributed by atoms with E-state index in [-0.39, 0.29) is 18.0 Å². The molecule has 4 heteroatoms. The largest absolute Gasteiger partial charge is 0.378 e. The van der Waals surface area contributed by atoms with E-state index in [9.17, 15) is 4.79 Å². The molecule has 1 heterocycles. The summed E-state index contributed by atoms with van der Waals surface area (Å²) in [5, 5.41) is 3.39. The van der Waals surface area contributed by atoms with Crippen molar-refractivity contribution in [2.24, 2.45) is 0 Å². The number of nitrogens with zero attached hydrogens (tertiary/aromatic N) is 1. The normalized spacial score (nSPS) is 17.2. The Hall–Kier alpha value is -1.39. The van der Waals surface area contributed by atoms with E-state index in [1.807, 2.05) is 23.1 Å². The number of carbonyl (C=O) groups excluding carboxylic acids is 1. The Kier molecular flexibility index (Phi) is 5.56. The summed E-state index contributed by atoms with van der Waals surface area (Å²) in [5.74, 6) is 0.186.